The van der Waals surface area contributed by atoms with E-state index in [2.05, 4.69) is 27.7 Å². The molecule has 3 aliphatic rings. The molecule has 2 heteroatoms. The molecule has 18 heavy (non-hydrogen) atoms. The third-order valence-electron chi connectivity index (χ3n) is 7.11. The van der Waals surface area contributed by atoms with Gasteiger partial charge < -0.3 is 4.74 Å². The first-order valence-electron chi connectivity index (χ1n) is 7.49. The zero-order valence-electron chi connectivity index (χ0n) is 12.2. The normalized spacial score (nSPS) is 53.0. The van der Waals surface area contributed by atoms with E-state index in [9.17, 15) is 4.79 Å². The molecular weight excluding hydrogens is 224 g/mol. The molecule has 0 saturated heterocycles. The predicted octanol–water partition coefficient (Wildman–Crippen LogP) is 3.79. The molecule has 0 radical (unpaired) electrons. The van der Waals surface area contributed by atoms with Crippen molar-refractivity contribution in [2.24, 2.45) is 28.6 Å². The molecule has 0 aromatic carbocycles. The van der Waals surface area contributed by atoms with Crippen molar-refractivity contribution < 1.29 is 9.53 Å². The Balaban J connectivity index is 2.05. The number of carbonyl (C=O) groups excluding carboxylic acids is 1. The molecule has 3 fully saturated rings. The fraction of sp³-hybridized carbons (Fsp3) is 0.938. The van der Waals surface area contributed by atoms with Crippen LogP contribution >= 0.6 is 0 Å². The molecular formula is C16H26O2. The van der Waals surface area contributed by atoms with Crippen molar-refractivity contribution in [2.75, 3.05) is 0 Å². The highest BCUT2D eigenvalue weighted by Crippen LogP contribution is 2.74. The smallest absolute Gasteiger partial charge is 0.293 e. The summed E-state index contributed by atoms with van der Waals surface area (Å²) >= 11 is 0. The monoisotopic (exact) mass is 250 g/mol. The van der Waals surface area contributed by atoms with Crippen molar-refractivity contribution >= 4 is 6.47 Å². The van der Waals surface area contributed by atoms with Crippen molar-refractivity contribution in [3.63, 3.8) is 0 Å². The van der Waals surface area contributed by atoms with Gasteiger partial charge in [0.15, 0.2) is 0 Å². The van der Waals surface area contributed by atoms with E-state index in [4.69, 9.17) is 4.74 Å². The van der Waals surface area contributed by atoms with Crippen LogP contribution in [0.5, 0.6) is 0 Å². The van der Waals surface area contributed by atoms with Gasteiger partial charge in [0.05, 0.1) is 0 Å². The number of carbonyl (C=O) groups is 1. The maximum Gasteiger partial charge on any atom is 0.293 e. The Hall–Kier alpha value is -0.530. The van der Waals surface area contributed by atoms with Crippen molar-refractivity contribution in [3.8, 4) is 0 Å². The summed E-state index contributed by atoms with van der Waals surface area (Å²) in [5.41, 5.74) is 0.486. The third kappa shape index (κ3) is 1.22. The zero-order valence-corrected chi connectivity index (χ0v) is 12.2. The van der Waals surface area contributed by atoms with E-state index in [-0.39, 0.29) is 11.0 Å². The van der Waals surface area contributed by atoms with E-state index in [1.807, 2.05) is 0 Å². The second-order valence-electron chi connectivity index (χ2n) is 7.84. The first-order valence-corrected chi connectivity index (χ1v) is 7.49. The van der Waals surface area contributed by atoms with Gasteiger partial charge in [-0.2, -0.15) is 0 Å². The van der Waals surface area contributed by atoms with Gasteiger partial charge in [-0.1, -0.05) is 20.8 Å². The lowest BCUT2D eigenvalue weighted by Crippen LogP contribution is -2.46. The van der Waals surface area contributed by atoms with Gasteiger partial charge in [-0.3, -0.25) is 4.79 Å². The summed E-state index contributed by atoms with van der Waals surface area (Å²) in [6.07, 6.45) is 6.13. The Bertz CT molecular complexity index is 375. The van der Waals surface area contributed by atoms with Crippen molar-refractivity contribution in [2.45, 2.75) is 65.4 Å². The summed E-state index contributed by atoms with van der Waals surface area (Å²) in [5.74, 6) is 2.38. The van der Waals surface area contributed by atoms with E-state index in [1.54, 1.807) is 0 Å². The van der Waals surface area contributed by atoms with E-state index in [0.717, 1.165) is 24.2 Å². The summed E-state index contributed by atoms with van der Waals surface area (Å²) < 4.78 is 5.63. The van der Waals surface area contributed by atoms with Crippen LogP contribution in [0.25, 0.3) is 0 Å². The molecule has 3 saturated carbocycles. The average molecular weight is 250 g/mol. The minimum Gasteiger partial charge on any atom is -0.461 e. The molecule has 0 aromatic rings. The first kappa shape index (κ1) is 12.5. The number of hydrogen-bond acceptors (Lipinski definition) is 2. The summed E-state index contributed by atoms with van der Waals surface area (Å²) in [5, 5.41) is 0. The molecule has 3 rings (SSSR count). The minimum absolute atomic E-state index is 0.203. The molecule has 0 amide bonds. The van der Waals surface area contributed by atoms with Crippen molar-refractivity contribution in [1.82, 2.24) is 0 Å². The molecule has 0 N–H and O–H groups in total. The van der Waals surface area contributed by atoms with Gasteiger partial charge in [0.2, 0.25) is 0 Å². The Morgan fingerprint density at radius 1 is 1.17 bits per heavy atom. The molecule has 5 atom stereocenters. The van der Waals surface area contributed by atoms with Crippen LogP contribution in [0.2, 0.25) is 0 Å². The van der Waals surface area contributed by atoms with Gasteiger partial charge in [0, 0.05) is 5.41 Å². The predicted molar refractivity (Wildman–Crippen MR) is 71.0 cm³/mol. The second kappa shape index (κ2) is 3.52. The summed E-state index contributed by atoms with van der Waals surface area (Å²) in [6.45, 7) is 10.2. The fourth-order valence-corrected chi connectivity index (χ4v) is 6.11. The number of hydrogen-bond donors (Lipinski definition) is 0. The highest BCUT2D eigenvalue weighted by Gasteiger charge is 2.70. The molecule has 0 heterocycles. The van der Waals surface area contributed by atoms with Crippen LogP contribution in [0, 0.1) is 28.6 Å². The van der Waals surface area contributed by atoms with Crippen LogP contribution in [0.3, 0.4) is 0 Å². The number of rotatable bonds is 2. The Labute approximate surface area is 110 Å². The zero-order chi connectivity index (χ0) is 13.2. The third-order valence-corrected chi connectivity index (χ3v) is 7.11. The van der Waals surface area contributed by atoms with Gasteiger partial charge in [-0.25, -0.2) is 0 Å². The molecule has 0 aliphatic heterocycles. The lowest BCUT2D eigenvalue weighted by molar-refractivity contribution is -0.159. The summed E-state index contributed by atoms with van der Waals surface area (Å²) in [4.78, 5) is 10.9. The number of fused-ring (bicyclic) bond motifs is 1. The molecule has 0 aromatic heterocycles. The standard InChI is InChI=1S/C16H26O2/c1-11-5-8-16-9-12(11)14(2,3)13(16)6-7-15(16,4)18-10-17/h10-13H,5-9H2,1-4H3/t11-,12-,13+,15-,16+/m1/s1. The maximum absolute atomic E-state index is 10.9. The van der Waals surface area contributed by atoms with Gasteiger partial charge in [-0.15, -0.1) is 0 Å². The lowest BCUT2D eigenvalue weighted by atomic mass is 9.63. The van der Waals surface area contributed by atoms with Gasteiger partial charge in [0.1, 0.15) is 5.60 Å². The van der Waals surface area contributed by atoms with Gasteiger partial charge >= 0.3 is 0 Å². The molecule has 2 bridgehead atoms. The van der Waals surface area contributed by atoms with E-state index < -0.39 is 0 Å². The van der Waals surface area contributed by atoms with Gasteiger partial charge in [-0.05, 0) is 62.2 Å². The van der Waals surface area contributed by atoms with Crippen molar-refractivity contribution in [1.29, 1.82) is 0 Å². The largest absolute Gasteiger partial charge is 0.461 e. The Morgan fingerprint density at radius 3 is 2.56 bits per heavy atom. The average Bonchev–Trinajstić information content (AvgIpc) is 2.67. The van der Waals surface area contributed by atoms with Crippen molar-refractivity contribution in [3.05, 3.63) is 0 Å². The quantitative estimate of drug-likeness (QED) is 0.697. The molecule has 3 aliphatic carbocycles. The van der Waals surface area contributed by atoms with E-state index in [0.29, 0.717) is 11.9 Å². The highest BCUT2D eigenvalue weighted by molar-refractivity contribution is 5.40. The van der Waals surface area contributed by atoms with Crippen LogP contribution in [0.15, 0.2) is 0 Å². The molecule has 1 spiro atoms. The second-order valence-corrected chi connectivity index (χ2v) is 7.84. The SMILES string of the molecule is C[C@@H]1CC[C@]23C[C@H]1C(C)(C)[C@@H]2CC[C@@]3(C)OC=O. The van der Waals surface area contributed by atoms with E-state index >= 15 is 0 Å². The highest BCUT2D eigenvalue weighted by atomic mass is 16.5. The minimum atomic E-state index is -0.203. The summed E-state index contributed by atoms with van der Waals surface area (Å²) in [6, 6.07) is 0. The van der Waals surface area contributed by atoms with Crippen LogP contribution in [-0.2, 0) is 9.53 Å². The van der Waals surface area contributed by atoms with Crippen LogP contribution in [0.4, 0.5) is 0 Å². The lowest BCUT2D eigenvalue weighted by Gasteiger charge is -2.46. The molecule has 0 unspecified atom stereocenters. The molecule has 102 valence electrons. The Kier molecular flexibility index (Phi) is 2.44. The van der Waals surface area contributed by atoms with Gasteiger partial charge in [0.25, 0.3) is 6.47 Å². The first-order chi connectivity index (χ1) is 8.37. The molecule has 2 nitrogen and oxygen atoms in total. The Morgan fingerprint density at radius 2 is 1.89 bits per heavy atom. The van der Waals surface area contributed by atoms with Crippen LogP contribution in [0.1, 0.15) is 59.8 Å². The summed E-state index contributed by atoms with van der Waals surface area (Å²) in [7, 11) is 0. The van der Waals surface area contributed by atoms with E-state index in [1.165, 1.54) is 25.7 Å². The fourth-order valence-electron chi connectivity index (χ4n) is 6.11. The maximum atomic E-state index is 10.9. The van der Waals surface area contributed by atoms with Crippen LogP contribution in [-0.4, -0.2) is 12.1 Å². The number of ether oxygens (including phenoxy) is 1. The van der Waals surface area contributed by atoms with Crippen LogP contribution < -0.4 is 0 Å². The topological polar surface area (TPSA) is 26.3 Å².